The Morgan fingerprint density at radius 1 is 1.50 bits per heavy atom. The highest BCUT2D eigenvalue weighted by Crippen LogP contribution is 2.21. The van der Waals surface area contributed by atoms with Crippen LogP contribution in [0, 0.1) is 11.3 Å². The highest BCUT2D eigenvalue weighted by Gasteiger charge is 2.05. The van der Waals surface area contributed by atoms with E-state index in [9.17, 15) is 5.11 Å². The van der Waals surface area contributed by atoms with Crippen molar-refractivity contribution in [2.24, 2.45) is 0 Å². The Morgan fingerprint density at radius 2 is 2.31 bits per heavy atom. The van der Waals surface area contributed by atoms with E-state index >= 15 is 0 Å². The van der Waals surface area contributed by atoms with Crippen LogP contribution in [0.25, 0.3) is 10.9 Å². The SMILES string of the molecule is C[C@@H](O)CCc1c[nH]c2ccc(C#N)cc12. The van der Waals surface area contributed by atoms with Crippen molar-refractivity contribution < 1.29 is 5.11 Å². The van der Waals surface area contributed by atoms with Crippen LogP contribution < -0.4 is 0 Å². The quantitative estimate of drug-likeness (QED) is 0.823. The lowest BCUT2D eigenvalue weighted by molar-refractivity contribution is 0.185. The number of benzene rings is 1. The molecule has 1 atom stereocenters. The van der Waals surface area contributed by atoms with Crippen molar-refractivity contribution in [1.82, 2.24) is 4.98 Å². The van der Waals surface area contributed by atoms with Gasteiger partial charge < -0.3 is 10.1 Å². The molecule has 0 saturated heterocycles. The van der Waals surface area contributed by atoms with Gasteiger partial charge in [-0.25, -0.2) is 0 Å². The maximum absolute atomic E-state index is 9.26. The van der Waals surface area contributed by atoms with Gasteiger partial charge in [0.25, 0.3) is 0 Å². The number of aromatic amines is 1. The standard InChI is InChI=1S/C13H14N2O/c1-9(16)2-4-11-8-15-13-5-3-10(7-14)6-12(11)13/h3,5-6,8-9,15-16H,2,4H2,1H3/t9-/m1/s1. The Hall–Kier alpha value is -1.79. The van der Waals surface area contributed by atoms with Crippen LogP contribution in [0.5, 0.6) is 0 Å². The second-order valence-electron chi connectivity index (χ2n) is 4.07. The summed E-state index contributed by atoms with van der Waals surface area (Å²) in [5, 5.41) is 19.2. The number of hydrogen-bond donors (Lipinski definition) is 2. The van der Waals surface area contributed by atoms with Crippen LogP contribution in [0.4, 0.5) is 0 Å². The van der Waals surface area contributed by atoms with Crippen LogP contribution >= 0.6 is 0 Å². The molecule has 0 spiro atoms. The molecule has 0 fully saturated rings. The lowest BCUT2D eigenvalue weighted by Gasteiger charge is -2.02. The molecule has 1 heterocycles. The molecule has 0 aliphatic heterocycles. The predicted octanol–water partition coefficient (Wildman–Crippen LogP) is 2.35. The summed E-state index contributed by atoms with van der Waals surface area (Å²) < 4.78 is 0. The molecule has 2 aromatic rings. The van der Waals surface area contributed by atoms with Gasteiger partial charge in [-0.2, -0.15) is 5.26 Å². The molecule has 0 bridgehead atoms. The van der Waals surface area contributed by atoms with E-state index in [1.165, 1.54) is 0 Å². The van der Waals surface area contributed by atoms with Gasteiger partial charge in [-0.05, 0) is 43.5 Å². The van der Waals surface area contributed by atoms with Crippen LogP contribution in [0.3, 0.4) is 0 Å². The molecule has 82 valence electrons. The van der Waals surface area contributed by atoms with Gasteiger partial charge >= 0.3 is 0 Å². The largest absolute Gasteiger partial charge is 0.393 e. The number of H-pyrrole nitrogens is 1. The molecule has 0 aliphatic carbocycles. The maximum atomic E-state index is 9.26. The number of nitrogens with zero attached hydrogens (tertiary/aromatic N) is 1. The lowest BCUT2D eigenvalue weighted by Crippen LogP contribution is -2.00. The van der Waals surface area contributed by atoms with Crippen LogP contribution in [-0.4, -0.2) is 16.2 Å². The topological polar surface area (TPSA) is 59.8 Å². The molecule has 3 heteroatoms. The van der Waals surface area contributed by atoms with Crippen molar-refractivity contribution >= 4 is 10.9 Å². The van der Waals surface area contributed by atoms with Gasteiger partial charge in [0.15, 0.2) is 0 Å². The van der Waals surface area contributed by atoms with Crippen LogP contribution in [0.15, 0.2) is 24.4 Å². The summed E-state index contributed by atoms with van der Waals surface area (Å²) in [5.41, 5.74) is 2.87. The number of rotatable bonds is 3. The van der Waals surface area contributed by atoms with E-state index in [0.717, 1.165) is 29.3 Å². The molecule has 0 saturated carbocycles. The number of fused-ring (bicyclic) bond motifs is 1. The third-order valence-electron chi connectivity index (χ3n) is 2.73. The van der Waals surface area contributed by atoms with Crippen molar-refractivity contribution in [2.75, 3.05) is 0 Å². The minimum absolute atomic E-state index is 0.288. The van der Waals surface area contributed by atoms with Crippen LogP contribution in [-0.2, 0) is 6.42 Å². The van der Waals surface area contributed by atoms with Crippen molar-refractivity contribution in [3.05, 3.63) is 35.5 Å². The van der Waals surface area contributed by atoms with Crippen molar-refractivity contribution in [3.63, 3.8) is 0 Å². The summed E-state index contributed by atoms with van der Waals surface area (Å²) in [6.07, 6.45) is 3.23. The highest BCUT2D eigenvalue weighted by atomic mass is 16.3. The zero-order chi connectivity index (χ0) is 11.5. The third-order valence-corrected chi connectivity index (χ3v) is 2.73. The Bertz CT molecular complexity index is 534. The van der Waals surface area contributed by atoms with Gasteiger partial charge in [0.1, 0.15) is 0 Å². The first-order valence-electron chi connectivity index (χ1n) is 5.39. The van der Waals surface area contributed by atoms with Crippen molar-refractivity contribution in [2.45, 2.75) is 25.9 Å². The van der Waals surface area contributed by atoms with Crippen LogP contribution in [0.2, 0.25) is 0 Å². The Kier molecular flexibility index (Phi) is 2.93. The highest BCUT2D eigenvalue weighted by molar-refractivity contribution is 5.84. The molecule has 16 heavy (non-hydrogen) atoms. The van der Waals surface area contributed by atoms with Crippen LogP contribution in [0.1, 0.15) is 24.5 Å². The normalized spacial score (nSPS) is 12.6. The first-order chi connectivity index (χ1) is 7.70. The number of nitrogens with one attached hydrogen (secondary N) is 1. The molecule has 3 nitrogen and oxygen atoms in total. The molecule has 0 unspecified atom stereocenters. The minimum atomic E-state index is -0.288. The van der Waals surface area contributed by atoms with Gasteiger partial charge in [-0.15, -0.1) is 0 Å². The summed E-state index contributed by atoms with van der Waals surface area (Å²) in [4.78, 5) is 3.17. The average molecular weight is 214 g/mol. The van der Waals surface area contributed by atoms with E-state index in [1.807, 2.05) is 18.3 Å². The van der Waals surface area contributed by atoms with E-state index in [2.05, 4.69) is 11.1 Å². The second-order valence-corrected chi connectivity index (χ2v) is 4.07. The molecule has 0 amide bonds. The molecule has 2 N–H and O–H groups in total. The summed E-state index contributed by atoms with van der Waals surface area (Å²) in [7, 11) is 0. The first-order valence-corrected chi connectivity index (χ1v) is 5.39. The molecule has 1 aromatic carbocycles. The Balaban J connectivity index is 2.35. The molecular formula is C13H14N2O. The fourth-order valence-electron chi connectivity index (χ4n) is 1.82. The second kappa shape index (κ2) is 4.38. The molecule has 0 radical (unpaired) electrons. The number of aliphatic hydroxyl groups excluding tert-OH is 1. The van der Waals surface area contributed by atoms with Gasteiger partial charge in [-0.3, -0.25) is 0 Å². The number of nitriles is 1. The summed E-state index contributed by atoms with van der Waals surface area (Å²) >= 11 is 0. The monoisotopic (exact) mass is 214 g/mol. The van der Waals surface area contributed by atoms with Crippen molar-refractivity contribution in [1.29, 1.82) is 5.26 Å². The third kappa shape index (κ3) is 2.07. The molecule has 0 aliphatic rings. The fraction of sp³-hybridized carbons (Fsp3) is 0.308. The van der Waals surface area contributed by atoms with Crippen molar-refractivity contribution in [3.8, 4) is 6.07 Å². The minimum Gasteiger partial charge on any atom is -0.393 e. The van der Waals surface area contributed by atoms with E-state index in [0.29, 0.717) is 5.56 Å². The number of aromatic nitrogens is 1. The molecule has 1 aromatic heterocycles. The zero-order valence-electron chi connectivity index (χ0n) is 9.20. The Morgan fingerprint density at radius 3 is 3.00 bits per heavy atom. The van der Waals surface area contributed by atoms with E-state index in [-0.39, 0.29) is 6.10 Å². The lowest BCUT2D eigenvalue weighted by atomic mass is 10.0. The zero-order valence-corrected chi connectivity index (χ0v) is 9.20. The number of aryl methyl sites for hydroxylation is 1. The van der Waals surface area contributed by atoms with Gasteiger partial charge in [-0.1, -0.05) is 0 Å². The maximum Gasteiger partial charge on any atom is 0.0991 e. The average Bonchev–Trinajstić information content (AvgIpc) is 2.68. The van der Waals surface area contributed by atoms with E-state index in [1.54, 1.807) is 13.0 Å². The Labute approximate surface area is 94.3 Å². The van der Waals surface area contributed by atoms with E-state index < -0.39 is 0 Å². The fourth-order valence-corrected chi connectivity index (χ4v) is 1.82. The predicted molar refractivity (Wildman–Crippen MR) is 63.0 cm³/mol. The van der Waals surface area contributed by atoms with Gasteiger partial charge in [0.05, 0.1) is 17.7 Å². The number of hydrogen-bond acceptors (Lipinski definition) is 2. The summed E-state index contributed by atoms with van der Waals surface area (Å²) in [6.45, 7) is 1.79. The first kappa shape index (κ1) is 10.7. The molecule has 2 rings (SSSR count). The summed E-state index contributed by atoms with van der Waals surface area (Å²) in [5.74, 6) is 0. The smallest absolute Gasteiger partial charge is 0.0991 e. The van der Waals surface area contributed by atoms with Gasteiger partial charge in [0.2, 0.25) is 0 Å². The number of aliphatic hydroxyl groups is 1. The van der Waals surface area contributed by atoms with Gasteiger partial charge in [0, 0.05) is 17.1 Å². The summed E-state index contributed by atoms with van der Waals surface area (Å²) in [6, 6.07) is 7.75. The van der Waals surface area contributed by atoms with E-state index in [4.69, 9.17) is 5.26 Å². The molecular weight excluding hydrogens is 200 g/mol.